The molecule has 4 aromatic carbocycles. The van der Waals surface area contributed by atoms with Crippen LogP contribution in [0.25, 0.3) is 0 Å². The molecule has 8 bridgehead atoms. The SMILES string of the molecule is c1c2c(OCC3CCCCC3)cc(c1OCC1CCCCC1)Cc1cc(OCC3CCCCC3)c(cc1OCC1CCCCC1)Cc1cc(OCC3CCCCC3)c(cc1OCC1CCCCC1)Cc1cc(OCC3CCCCC3)c(cc1OCC1CCCCC1)C2. The Morgan fingerprint density at radius 1 is 0.163 bits per heavy atom. The molecule has 8 fully saturated rings. The van der Waals surface area contributed by atoms with Crippen molar-refractivity contribution >= 4 is 0 Å². The third-order valence-electron chi connectivity index (χ3n) is 24.1. The van der Waals surface area contributed by atoms with Gasteiger partial charge in [0.25, 0.3) is 0 Å². The van der Waals surface area contributed by atoms with E-state index in [-0.39, 0.29) is 0 Å². The van der Waals surface area contributed by atoms with Gasteiger partial charge in [-0.2, -0.15) is 0 Å². The molecule has 4 aromatic rings. The summed E-state index contributed by atoms with van der Waals surface area (Å²) in [4.78, 5) is 0. The first-order valence-corrected chi connectivity index (χ1v) is 39.2. The lowest BCUT2D eigenvalue weighted by Gasteiger charge is -2.28. The second-order valence-electron chi connectivity index (χ2n) is 31.5. The van der Waals surface area contributed by atoms with Gasteiger partial charge in [0.15, 0.2) is 0 Å². The second kappa shape index (κ2) is 34.3. The van der Waals surface area contributed by atoms with E-state index in [9.17, 15) is 0 Å². The molecule has 0 spiro atoms. The van der Waals surface area contributed by atoms with E-state index in [1.54, 1.807) is 0 Å². The molecular formula is C84H120O8. The van der Waals surface area contributed by atoms with E-state index in [1.807, 2.05) is 0 Å². The summed E-state index contributed by atoms with van der Waals surface area (Å²) in [7, 11) is 0. The zero-order chi connectivity index (χ0) is 61.9. The molecule has 92 heavy (non-hydrogen) atoms. The highest BCUT2D eigenvalue weighted by atomic mass is 16.5. The average molecular weight is 1260 g/mol. The summed E-state index contributed by atoms with van der Waals surface area (Å²) in [6, 6.07) is 19.3. The van der Waals surface area contributed by atoms with Crippen molar-refractivity contribution in [2.75, 3.05) is 52.9 Å². The zero-order valence-electron chi connectivity index (χ0n) is 57.3. The van der Waals surface area contributed by atoms with Crippen LogP contribution in [0.4, 0.5) is 0 Å². The van der Waals surface area contributed by atoms with Crippen LogP contribution in [0.15, 0.2) is 48.5 Å². The summed E-state index contributed by atoms with van der Waals surface area (Å²) >= 11 is 0. The van der Waals surface area contributed by atoms with Gasteiger partial charge in [0.1, 0.15) is 46.0 Å². The Balaban J connectivity index is 0.995. The molecule has 0 saturated heterocycles. The first-order chi connectivity index (χ1) is 45.5. The number of hydrogen-bond donors (Lipinski definition) is 0. The van der Waals surface area contributed by atoms with E-state index >= 15 is 0 Å². The molecule has 8 saturated carbocycles. The Morgan fingerprint density at radius 2 is 0.272 bits per heavy atom. The summed E-state index contributed by atoms with van der Waals surface area (Å²) in [5.74, 6) is 12.2. The molecule has 18 aliphatic carbocycles. The predicted octanol–water partition coefficient (Wildman–Crippen LogP) is 22.0. The molecule has 0 atom stereocenters. The van der Waals surface area contributed by atoms with Gasteiger partial charge in [-0.25, -0.2) is 0 Å². The lowest BCUT2D eigenvalue weighted by molar-refractivity contribution is 0.199. The molecular weight excluding hydrogens is 1140 g/mol. The Kier molecular flexibility index (Phi) is 24.6. The molecule has 0 aliphatic heterocycles. The lowest BCUT2D eigenvalue weighted by atomic mass is 9.89. The van der Waals surface area contributed by atoms with Crippen LogP contribution in [0.5, 0.6) is 46.0 Å². The van der Waals surface area contributed by atoms with Gasteiger partial charge >= 0.3 is 0 Å². The van der Waals surface area contributed by atoms with Crippen LogP contribution in [0.2, 0.25) is 0 Å². The highest BCUT2D eigenvalue weighted by molar-refractivity contribution is 5.59. The minimum absolute atomic E-state index is 0.550. The van der Waals surface area contributed by atoms with Crippen LogP contribution >= 0.6 is 0 Å². The summed E-state index contributed by atoms with van der Waals surface area (Å²) in [6.45, 7) is 5.84. The maximum atomic E-state index is 7.39. The number of benzene rings is 4. The van der Waals surface area contributed by atoms with Crippen LogP contribution in [-0.4, -0.2) is 52.9 Å². The van der Waals surface area contributed by atoms with E-state index in [1.165, 1.54) is 301 Å². The van der Waals surface area contributed by atoms with E-state index < -0.39 is 0 Å². The van der Waals surface area contributed by atoms with Crippen molar-refractivity contribution < 1.29 is 37.9 Å². The topological polar surface area (TPSA) is 73.8 Å². The molecule has 504 valence electrons. The minimum Gasteiger partial charge on any atom is -0.493 e. The Bertz CT molecular complexity index is 2300. The molecule has 0 N–H and O–H groups in total. The molecule has 0 amide bonds. The van der Waals surface area contributed by atoms with Gasteiger partial charge in [-0.1, -0.05) is 154 Å². The van der Waals surface area contributed by atoms with E-state index in [4.69, 9.17) is 37.9 Å². The zero-order valence-corrected chi connectivity index (χ0v) is 57.3. The minimum atomic E-state index is 0.550. The van der Waals surface area contributed by atoms with Crippen molar-refractivity contribution in [2.24, 2.45) is 47.3 Å². The summed E-state index contributed by atoms with van der Waals surface area (Å²) in [6.07, 6.45) is 53.5. The molecule has 22 rings (SSSR count). The smallest absolute Gasteiger partial charge is 0.123 e. The van der Waals surface area contributed by atoms with Crippen molar-refractivity contribution in [3.8, 4) is 46.0 Å². The number of hydrogen-bond acceptors (Lipinski definition) is 8. The van der Waals surface area contributed by atoms with Crippen molar-refractivity contribution in [1.29, 1.82) is 0 Å². The van der Waals surface area contributed by atoms with Crippen LogP contribution in [0, 0.1) is 47.3 Å². The fraction of sp³-hybridized carbons (Fsp3) is 0.714. The van der Waals surface area contributed by atoms with Gasteiger partial charge in [0.05, 0.1) is 52.9 Å². The average Bonchev–Trinajstić information content (AvgIpc) is 1.29. The fourth-order valence-corrected chi connectivity index (χ4v) is 18.1. The van der Waals surface area contributed by atoms with Gasteiger partial charge < -0.3 is 37.9 Å². The highest BCUT2D eigenvalue weighted by Gasteiger charge is 2.29. The molecule has 18 aliphatic rings. The third-order valence-corrected chi connectivity index (χ3v) is 24.1. The summed E-state index contributed by atoms with van der Waals surface area (Å²) < 4.78 is 59.1. The third kappa shape index (κ3) is 18.8. The quantitative estimate of drug-likeness (QED) is 0.0605. The van der Waals surface area contributed by atoms with Gasteiger partial charge in [-0.15, -0.1) is 0 Å². The van der Waals surface area contributed by atoms with Gasteiger partial charge in [0.2, 0.25) is 0 Å². The first-order valence-electron chi connectivity index (χ1n) is 39.2. The van der Waals surface area contributed by atoms with Crippen LogP contribution in [0.3, 0.4) is 0 Å². The van der Waals surface area contributed by atoms with Crippen molar-refractivity contribution in [3.05, 3.63) is 93.0 Å². The number of ether oxygens (including phenoxy) is 8. The van der Waals surface area contributed by atoms with Crippen molar-refractivity contribution in [2.45, 2.75) is 283 Å². The highest BCUT2D eigenvalue weighted by Crippen LogP contribution is 2.45. The van der Waals surface area contributed by atoms with E-state index in [2.05, 4.69) is 48.5 Å². The normalized spacial score (nSPS) is 21.7. The Labute approximate surface area is 556 Å². The fourth-order valence-electron chi connectivity index (χ4n) is 18.1. The molecule has 8 nitrogen and oxygen atoms in total. The maximum absolute atomic E-state index is 7.39. The van der Waals surface area contributed by atoms with E-state index in [0.29, 0.717) is 73.0 Å². The predicted molar refractivity (Wildman–Crippen MR) is 374 cm³/mol. The number of rotatable bonds is 24. The molecule has 0 heterocycles. The largest absolute Gasteiger partial charge is 0.493 e. The summed E-state index contributed by atoms with van der Waals surface area (Å²) in [5.41, 5.74) is 9.34. The van der Waals surface area contributed by atoms with Crippen LogP contribution in [-0.2, 0) is 25.7 Å². The van der Waals surface area contributed by atoms with Crippen molar-refractivity contribution in [1.82, 2.24) is 0 Å². The van der Waals surface area contributed by atoms with Gasteiger partial charge in [-0.05, 0) is 199 Å². The molecule has 0 aromatic heterocycles. The Morgan fingerprint density at radius 3 is 0.380 bits per heavy atom. The monoisotopic (exact) mass is 1260 g/mol. The van der Waals surface area contributed by atoms with Crippen LogP contribution < -0.4 is 37.9 Å². The van der Waals surface area contributed by atoms with Gasteiger partial charge in [-0.3, -0.25) is 0 Å². The van der Waals surface area contributed by atoms with Gasteiger partial charge in [0, 0.05) is 70.2 Å². The molecule has 0 radical (unpaired) electrons. The second-order valence-corrected chi connectivity index (χ2v) is 31.5. The first kappa shape index (κ1) is 65.9. The Hall–Kier alpha value is -4.72. The van der Waals surface area contributed by atoms with Crippen molar-refractivity contribution in [3.63, 3.8) is 0 Å². The molecule has 8 heteroatoms. The van der Waals surface area contributed by atoms with Crippen LogP contribution in [0.1, 0.15) is 301 Å². The molecule has 0 unspecified atom stereocenters. The van der Waals surface area contributed by atoms with E-state index in [0.717, 1.165) is 98.9 Å². The standard InChI is InChI=1S/C84H120O8/c1-9-25-61(26-10-1)53-85-77-45-70-42-72-48-82(90-58-66-35-19-6-20-36-66)74(50-81(72)89-57-65-33-17-5-18-34-65)44-76-52-83(91-59-67-37-21-7-22-38-67)75(51-84(76)92-60-68-39-23-8-24-40-68)43-73-49-79(87-55-63-29-13-3-14-30-63)71(47-80(73)88-56-64-31-15-4-16-32-64)41-69(77)46-78(70)86-54-62-27-11-2-12-28-62/h45-52,61-68H,1-44,53-60H2. The lowest BCUT2D eigenvalue weighted by Crippen LogP contribution is -2.19. The maximum Gasteiger partial charge on any atom is 0.123 e. The summed E-state index contributed by atoms with van der Waals surface area (Å²) in [5, 5.41) is 0.